The Bertz CT molecular complexity index is 848. The molecule has 130 valence electrons. The second-order valence-corrected chi connectivity index (χ2v) is 6.15. The molecular weight excluding hydrogens is 351 g/mol. The van der Waals surface area contributed by atoms with Gasteiger partial charge in [0.15, 0.2) is 0 Å². The summed E-state index contributed by atoms with van der Waals surface area (Å²) in [4.78, 5) is 4.20. The molecule has 3 aromatic rings. The molecule has 2 aromatic heterocycles. The molecule has 3 rings (SSSR count). The lowest BCUT2D eigenvalue weighted by molar-refractivity contribution is -0.137. The first-order valence-electron chi connectivity index (χ1n) is 7.38. The summed E-state index contributed by atoms with van der Waals surface area (Å²) in [6.45, 7) is 2.20. The highest BCUT2D eigenvalue weighted by molar-refractivity contribution is 7.07. The Kier molecular flexibility index (Phi) is 4.94. The molecule has 0 aliphatic rings. The first kappa shape index (κ1) is 17.3. The van der Waals surface area contributed by atoms with E-state index in [4.69, 9.17) is 9.47 Å². The van der Waals surface area contributed by atoms with Gasteiger partial charge in [0.05, 0.1) is 5.56 Å². The Hall–Kier alpha value is -2.54. The van der Waals surface area contributed by atoms with Crippen LogP contribution in [0.5, 0.6) is 17.5 Å². The predicted octanol–water partition coefficient (Wildman–Crippen LogP) is 5.84. The number of hydrogen-bond donors (Lipinski definition) is 0. The highest BCUT2D eigenvalue weighted by Gasteiger charge is 2.30. The van der Waals surface area contributed by atoms with Crippen molar-refractivity contribution in [2.45, 2.75) is 19.7 Å². The van der Waals surface area contributed by atoms with Gasteiger partial charge in [-0.05, 0) is 47.5 Å². The summed E-state index contributed by atoms with van der Waals surface area (Å²) in [5, 5.41) is 3.92. The fraction of sp³-hybridized carbons (Fsp3) is 0.167. The SMILES string of the molecule is Cc1cc(OCc2ccsc2)nc(Oc2cccc(C(F)(F)F)c2)c1. The topological polar surface area (TPSA) is 31.4 Å². The van der Waals surface area contributed by atoms with Crippen LogP contribution in [0.15, 0.2) is 53.2 Å². The number of hydrogen-bond acceptors (Lipinski definition) is 4. The van der Waals surface area contributed by atoms with Gasteiger partial charge in [-0.2, -0.15) is 29.5 Å². The van der Waals surface area contributed by atoms with Gasteiger partial charge in [0.2, 0.25) is 11.8 Å². The molecule has 0 saturated carbocycles. The number of benzene rings is 1. The monoisotopic (exact) mass is 365 g/mol. The van der Waals surface area contributed by atoms with Crippen molar-refractivity contribution in [1.82, 2.24) is 4.98 Å². The standard InChI is InChI=1S/C18H14F3NO2S/c1-12-7-16(23-10-13-5-6-25-11-13)22-17(8-12)24-15-4-2-3-14(9-15)18(19,20)21/h2-9,11H,10H2,1H3. The largest absolute Gasteiger partial charge is 0.473 e. The van der Waals surface area contributed by atoms with Gasteiger partial charge in [-0.1, -0.05) is 6.07 Å². The molecule has 7 heteroatoms. The summed E-state index contributed by atoms with van der Waals surface area (Å²) >= 11 is 1.57. The number of nitrogens with zero attached hydrogens (tertiary/aromatic N) is 1. The molecule has 0 N–H and O–H groups in total. The van der Waals surface area contributed by atoms with Crippen LogP contribution in [0.2, 0.25) is 0 Å². The molecule has 1 aromatic carbocycles. The third kappa shape index (κ3) is 4.73. The fourth-order valence-electron chi connectivity index (χ4n) is 2.12. The average molecular weight is 365 g/mol. The molecule has 0 aliphatic heterocycles. The van der Waals surface area contributed by atoms with Crippen LogP contribution in [0.4, 0.5) is 13.2 Å². The van der Waals surface area contributed by atoms with E-state index in [2.05, 4.69) is 4.98 Å². The fourth-order valence-corrected chi connectivity index (χ4v) is 2.77. The maximum atomic E-state index is 12.8. The van der Waals surface area contributed by atoms with Gasteiger partial charge in [0.25, 0.3) is 0 Å². The van der Waals surface area contributed by atoms with Crippen molar-refractivity contribution in [1.29, 1.82) is 0 Å². The lowest BCUT2D eigenvalue weighted by Crippen LogP contribution is -2.04. The molecule has 0 bridgehead atoms. The maximum Gasteiger partial charge on any atom is 0.416 e. The van der Waals surface area contributed by atoms with Gasteiger partial charge in [-0.15, -0.1) is 0 Å². The number of halogens is 3. The zero-order valence-electron chi connectivity index (χ0n) is 13.2. The maximum absolute atomic E-state index is 12.8. The Balaban J connectivity index is 1.76. The van der Waals surface area contributed by atoms with Crippen LogP contribution in [0.3, 0.4) is 0 Å². The van der Waals surface area contributed by atoms with E-state index in [1.807, 2.05) is 23.8 Å². The van der Waals surface area contributed by atoms with Gasteiger partial charge >= 0.3 is 6.18 Å². The molecule has 0 saturated heterocycles. The zero-order valence-corrected chi connectivity index (χ0v) is 14.0. The number of rotatable bonds is 5. The number of thiophene rings is 1. The van der Waals surface area contributed by atoms with Crippen molar-refractivity contribution in [2.24, 2.45) is 0 Å². The van der Waals surface area contributed by atoms with Crippen LogP contribution in [-0.4, -0.2) is 4.98 Å². The van der Waals surface area contributed by atoms with E-state index < -0.39 is 11.7 Å². The highest BCUT2D eigenvalue weighted by atomic mass is 32.1. The number of aromatic nitrogens is 1. The van der Waals surface area contributed by atoms with E-state index in [1.54, 1.807) is 23.5 Å². The van der Waals surface area contributed by atoms with Crippen LogP contribution in [0.1, 0.15) is 16.7 Å². The van der Waals surface area contributed by atoms with Crippen molar-refractivity contribution in [3.05, 3.63) is 69.9 Å². The molecule has 2 heterocycles. The van der Waals surface area contributed by atoms with Gasteiger partial charge in [0, 0.05) is 17.7 Å². The summed E-state index contributed by atoms with van der Waals surface area (Å²) in [6, 6.07) is 10.00. The molecular formula is C18H14F3NO2S. The second-order valence-electron chi connectivity index (χ2n) is 5.37. The minimum Gasteiger partial charge on any atom is -0.473 e. The van der Waals surface area contributed by atoms with E-state index in [0.717, 1.165) is 23.3 Å². The Morgan fingerprint density at radius 3 is 2.60 bits per heavy atom. The molecule has 0 spiro atoms. The van der Waals surface area contributed by atoms with Crippen molar-refractivity contribution in [3.63, 3.8) is 0 Å². The number of alkyl halides is 3. The molecule has 0 aliphatic carbocycles. The second kappa shape index (κ2) is 7.14. The first-order chi connectivity index (χ1) is 11.9. The first-order valence-corrected chi connectivity index (χ1v) is 8.32. The van der Waals surface area contributed by atoms with Crippen molar-refractivity contribution >= 4 is 11.3 Å². The number of pyridine rings is 1. The van der Waals surface area contributed by atoms with Gasteiger partial charge < -0.3 is 9.47 Å². The Morgan fingerprint density at radius 1 is 1.08 bits per heavy atom. The molecule has 0 fully saturated rings. The summed E-state index contributed by atoms with van der Waals surface area (Å²) in [6.07, 6.45) is -4.42. The van der Waals surface area contributed by atoms with Gasteiger partial charge in [0.1, 0.15) is 12.4 Å². The lowest BCUT2D eigenvalue weighted by atomic mass is 10.2. The Labute approximate surface area is 146 Å². The molecule has 0 unspecified atom stereocenters. The van der Waals surface area contributed by atoms with Crippen molar-refractivity contribution in [3.8, 4) is 17.5 Å². The van der Waals surface area contributed by atoms with Crippen molar-refractivity contribution < 1.29 is 22.6 Å². The van der Waals surface area contributed by atoms with E-state index in [-0.39, 0.29) is 11.6 Å². The van der Waals surface area contributed by atoms with E-state index in [9.17, 15) is 13.2 Å². The highest BCUT2D eigenvalue weighted by Crippen LogP contribution is 2.32. The van der Waals surface area contributed by atoms with E-state index >= 15 is 0 Å². The van der Waals surface area contributed by atoms with E-state index in [1.165, 1.54) is 12.1 Å². The zero-order chi connectivity index (χ0) is 17.9. The summed E-state index contributed by atoms with van der Waals surface area (Å²) < 4.78 is 49.4. The molecule has 0 atom stereocenters. The minimum atomic E-state index is -4.42. The van der Waals surface area contributed by atoms with Gasteiger partial charge in [-0.25, -0.2) is 0 Å². The van der Waals surface area contributed by atoms with Crippen LogP contribution < -0.4 is 9.47 Å². The van der Waals surface area contributed by atoms with Crippen LogP contribution in [0, 0.1) is 6.92 Å². The third-order valence-corrected chi connectivity index (χ3v) is 4.01. The number of aryl methyl sites for hydroxylation is 1. The molecule has 25 heavy (non-hydrogen) atoms. The molecule has 0 amide bonds. The average Bonchev–Trinajstić information content (AvgIpc) is 3.05. The third-order valence-electron chi connectivity index (χ3n) is 3.27. The summed E-state index contributed by atoms with van der Waals surface area (Å²) in [7, 11) is 0. The minimum absolute atomic E-state index is 0.0664. The normalized spacial score (nSPS) is 11.4. The summed E-state index contributed by atoms with van der Waals surface area (Å²) in [5.74, 6) is 0.601. The smallest absolute Gasteiger partial charge is 0.416 e. The summed E-state index contributed by atoms with van der Waals surface area (Å²) in [5.41, 5.74) is 1.08. The van der Waals surface area contributed by atoms with Gasteiger partial charge in [-0.3, -0.25) is 0 Å². The lowest BCUT2D eigenvalue weighted by Gasteiger charge is -2.11. The van der Waals surface area contributed by atoms with Crippen LogP contribution in [0.25, 0.3) is 0 Å². The quantitative estimate of drug-likeness (QED) is 0.569. The van der Waals surface area contributed by atoms with Crippen LogP contribution in [-0.2, 0) is 12.8 Å². The molecule has 0 radical (unpaired) electrons. The molecule has 3 nitrogen and oxygen atoms in total. The number of ether oxygens (including phenoxy) is 2. The predicted molar refractivity (Wildman–Crippen MR) is 89.1 cm³/mol. The van der Waals surface area contributed by atoms with Crippen molar-refractivity contribution in [2.75, 3.05) is 0 Å². The Morgan fingerprint density at radius 2 is 1.88 bits per heavy atom. The van der Waals surface area contributed by atoms with Crippen LogP contribution >= 0.6 is 11.3 Å². The van der Waals surface area contributed by atoms with E-state index in [0.29, 0.717) is 12.5 Å².